The maximum absolute atomic E-state index is 12.6. The van der Waals surface area contributed by atoms with E-state index >= 15 is 0 Å². The van der Waals surface area contributed by atoms with Gasteiger partial charge in [0.25, 0.3) is 11.8 Å². The molecule has 1 aromatic heterocycles. The van der Waals surface area contributed by atoms with E-state index in [1.165, 1.54) is 0 Å². The van der Waals surface area contributed by atoms with Crippen LogP contribution in [0.5, 0.6) is 0 Å². The summed E-state index contributed by atoms with van der Waals surface area (Å²) in [5.74, 6) is -0.249. The lowest BCUT2D eigenvalue weighted by Gasteiger charge is -2.13. The van der Waals surface area contributed by atoms with Crippen LogP contribution in [0.2, 0.25) is 0 Å². The second-order valence-electron chi connectivity index (χ2n) is 6.52. The third-order valence-corrected chi connectivity index (χ3v) is 5.38. The quantitative estimate of drug-likeness (QED) is 0.525. The molecule has 2 bridgehead atoms. The predicted molar refractivity (Wildman–Crippen MR) is 85.5 cm³/mol. The average Bonchev–Trinajstić information content (AvgIpc) is 3.31. The van der Waals surface area contributed by atoms with E-state index in [0.717, 1.165) is 27.9 Å². The molecule has 3 aliphatic rings. The predicted octanol–water partition coefficient (Wildman–Crippen LogP) is 2.31. The number of allylic oxidation sites excluding steroid dienone is 2. The molecule has 23 heavy (non-hydrogen) atoms. The van der Waals surface area contributed by atoms with Gasteiger partial charge >= 0.3 is 0 Å². The van der Waals surface area contributed by atoms with Crippen LogP contribution in [0.1, 0.15) is 12.0 Å². The Morgan fingerprint density at radius 3 is 2.52 bits per heavy atom. The van der Waals surface area contributed by atoms with Crippen molar-refractivity contribution in [3.8, 4) is 0 Å². The highest BCUT2D eigenvalue weighted by molar-refractivity contribution is 6.07. The first-order valence-corrected chi connectivity index (χ1v) is 7.90. The van der Waals surface area contributed by atoms with E-state index < -0.39 is 0 Å². The van der Waals surface area contributed by atoms with Crippen molar-refractivity contribution in [1.29, 1.82) is 0 Å². The minimum atomic E-state index is -0.197. The number of hydrogen-bond acceptors (Lipinski definition) is 3. The van der Waals surface area contributed by atoms with Crippen molar-refractivity contribution in [1.82, 2.24) is 9.99 Å². The Labute approximate surface area is 132 Å². The van der Waals surface area contributed by atoms with Gasteiger partial charge < -0.3 is 4.98 Å². The smallest absolute Gasteiger partial charge is 0.254 e. The Bertz CT molecular complexity index is 865. The Morgan fingerprint density at radius 2 is 1.78 bits per heavy atom. The van der Waals surface area contributed by atoms with Crippen molar-refractivity contribution in [2.24, 2.45) is 28.8 Å². The van der Waals surface area contributed by atoms with Crippen molar-refractivity contribution in [2.45, 2.75) is 6.42 Å². The molecule has 4 atom stereocenters. The van der Waals surface area contributed by atoms with E-state index in [4.69, 9.17) is 0 Å². The summed E-state index contributed by atoms with van der Waals surface area (Å²) in [5, 5.41) is 6.33. The number of fused-ring (bicyclic) bond motifs is 6. The molecule has 1 saturated heterocycles. The molecule has 1 aromatic carbocycles. The van der Waals surface area contributed by atoms with E-state index in [1.54, 1.807) is 6.21 Å². The van der Waals surface area contributed by atoms with Crippen molar-refractivity contribution in [3.05, 3.63) is 48.2 Å². The fourth-order valence-corrected chi connectivity index (χ4v) is 4.32. The lowest BCUT2D eigenvalue weighted by Crippen LogP contribution is -2.28. The third kappa shape index (κ3) is 1.64. The van der Waals surface area contributed by atoms with Gasteiger partial charge in [0, 0.05) is 22.7 Å². The molecule has 114 valence electrons. The molecule has 1 N–H and O–H groups in total. The highest BCUT2D eigenvalue weighted by atomic mass is 16.2. The van der Waals surface area contributed by atoms with Crippen LogP contribution in [-0.2, 0) is 9.59 Å². The zero-order valence-corrected chi connectivity index (χ0v) is 12.3. The summed E-state index contributed by atoms with van der Waals surface area (Å²) in [7, 11) is 0. The number of carbonyl (C=O) groups is 2. The third-order valence-electron chi connectivity index (χ3n) is 5.38. The Kier molecular flexibility index (Phi) is 2.46. The minimum Gasteiger partial charge on any atom is -0.361 e. The van der Waals surface area contributed by atoms with E-state index in [9.17, 15) is 9.59 Å². The summed E-state index contributed by atoms with van der Waals surface area (Å²) in [6.07, 6.45) is 8.55. The van der Waals surface area contributed by atoms with Gasteiger partial charge in [-0.3, -0.25) is 9.59 Å². The van der Waals surface area contributed by atoms with Crippen molar-refractivity contribution >= 4 is 28.9 Å². The number of benzene rings is 1. The summed E-state index contributed by atoms with van der Waals surface area (Å²) < 4.78 is 0. The molecule has 2 amide bonds. The number of aromatic nitrogens is 1. The van der Waals surface area contributed by atoms with E-state index in [1.807, 2.05) is 30.5 Å². The number of nitrogens with one attached hydrogen (secondary N) is 1. The van der Waals surface area contributed by atoms with Gasteiger partial charge in [0.2, 0.25) is 0 Å². The summed E-state index contributed by atoms with van der Waals surface area (Å²) in [5.41, 5.74) is 1.88. The normalized spacial score (nSPS) is 31.9. The van der Waals surface area contributed by atoms with Gasteiger partial charge in [0.1, 0.15) is 0 Å². The van der Waals surface area contributed by atoms with Crippen LogP contribution in [0, 0.1) is 23.7 Å². The molecule has 2 heterocycles. The molecule has 2 aliphatic carbocycles. The fraction of sp³-hybridized carbons (Fsp3) is 0.278. The first-order chi connectivity index (χ1) is 11.2. The van der Waals surface area contributed by atoms with Crippen LogP contribution in [0.4, 0.5) is 0 Å². The molecule has 2 fully saturated rings. The van der Waals surface area contributed by atoms with E-state index in [0.29, 0.717) is 0 Å². The number of H-pyrrole nitrogens is 1. The van der Waals surface area contributed by atoms with Crippen LogP contribution < -0.4 is 0 Å². The number of carbonyl (C=O) groups excluding carboxylic acids is 2. The van der Waals surface area contributed by atoms with Crippen LogP contribution in [0.15, 0.2) is 47.7 Å². The van der Waals surface area contributed by atoms with Crippen LogP contribution >= 0.6 is 0 Å². The number of imide groups is 1. The zero-order valence-electron chi connectivity index (χ0n) is 12.3. The second kappa shape index (κ2) is 4.41. The Morgan fingerprint density at radius 1 is 1.09 bits per heavy atom. The molecule has 0 radical (unpaired) electrons. The van der Waals surface area contributed by atoms with Gasteiger partial charge in [-0.1, -0.05) is 30.4 Å². The average molecular weight is 305 g/mol. The summed E-state index contributed by atoms with van der Waals surface area (Å²) >= 11 is 0. The second-order valence-corrected chi connectivity index (χ2v) is 6.52. The number of amides is 2. The highest BCUT2D eigenvalue weighted by Gasteiger charge is 2.59. The maximum Gasteiger partial charge on any atom is 0.254 e. The molecular formula is C18H15N3O2. The van der Waals surface area contributed by atoms with Gasteiger partial charge in [-0.05, 0) is 24.3 Å². The first kappa shape index (κ1) is 12.8. The molecule has 1 aliphatic heterocycles. The topological polar surface area (TPSA) is 65.5 Å². The highest BCUT2D eigenvalue weighted by Crippen LogP contribution is 2.52. The van der Waals surface area contributed by atoms with Gasteiger partial charge in [-0.25, -0.2) is 0 Å². The van der Waals surface area contributed by atoms with Crippen LogP contribution in [0.3, 0.4) is 0 Å². The number of hydrazone groups is 1. The van der Waals surface area contributed by atoms with E-state index in [-0.39, 0.29) is 35.5 Å². The van der Waals surface area contributed by atoms with E-state index in [2.05, 4.69) is 22.2 Å². The molecule has 1 saturated carbocycles. The molecular weight excluding hydrogens is 290 g/mol. The Hall–Kier alpha value is -2.69. The molecule has 4 unspecified atom stereocenters. The SMILES string of the molecule is O=C1C2C3C=CC(C3)C2C(=O)N1/N=C/c1c[nH]c2ccccc12. The number of rotatable bonds is 2. The molecule has 5 heteroatoms. The maximum atomic E-state index is 12.6. The molecule has 2 aromatic rings. The fourth-order valence-electron chi connectivity index (χ4n) is 4.32. The monoisotopic (exact) mass is 305 g/mol. The summed E-state index contributed by atoms with van der Waals surface area (Å²) in [6, 6.07) is 7.87. The van der Waals surface area contributed by atoms with Crippen molar-refractivity contribution in [3.63, 3.8) is 0 Å². The van der Waals surface area contributed by atoms with Gasteiger partial charge in [0.05, 0.1) is 18.1 Å². The lowest BCUT2D eigenvalue weighted by molar-refractivity contribution is -0.140. The van der Waals surface area contributed by atoms with Gasteiger partial charge in [0.15, 0.2) is 0 Å². The molecule has 5 nitrogen and oxygen atoms in total. The van der Waals surface area contributed by atoms with Crippen LogP contribution in [0.25, 0.3) is 10.9 Å². The summed E-state index contributed by atoms with van der Waals surface area (Å²) in [6.45, 7) is 0. The zero-order chi connectivity index (χ0) is 15.6. The van der Waals surface area contributed by atoms with Crippen molar-refractivity contribution < 1.29 is 9.59 Å². The molecule has 5 rings (SSSR count). The standard InChI is InChI=1S/C18H15N3O2/c22-17-15-10-5-6-11(7-10)16(15)18(23)21(17)20-9-12-8-19-14-4-2-1-3-13(12)14/h1-6,8-11,15-16,19H,7H2/b20-9+. The first-order valence-electron chi connectivity index (χ1n) is 7.90. The van der Waals surface area contributed by atoms with Gasteiger partial charge in [-0.2, -0.15) is 10.1 Å². The minimum absolute atomic E-state index is 0.145. The number of hydrogen-bond donors (Lipinski definition) is 1. The van der Waals surface area contributed by atoms with Crippen molar-refractivity contribution in [2.75, 3.05) is 0 Å². The summed E-state index contributed by atoms with van der Waals surface area (Å²) in [4.78, 5) is 28.3. The molecule has 0 spiro atoms. The number of para-hydroxylation sites is 1. The Balaban J connectivity index is 1.47. The number of aromatic amines is 1. The lowest BCUT2D eigenvalue weighted by atomic mass is 9.85. The van der Waals surface area contributed by atoms with Gasteiger partial charge in [-0.15, -0.1) is 0 Å². The number of nitrogens with zero attached hydrogens (tertiary/aromatic N) is 2. The largest absolute Gasteiger partial charge is 0.361 e. The van der Waals surface area contributed by atoms with Crippen LogP contribution in [-0.4, -0.2) is 28.0 Å².